The molecule has 2 fully saturated rings. The summed E-state index contributed by atoms with van der Waals surface area (Å²) in [5, 5.41) is 2.55. The minimum atomic E-state index is -0.830. The molecule has 2 aliphatic rings. The van der Waals surface area contributed by atoms with E-state index in [1.54, 1.807) is 35.4 Å². The molecule has 0 aliphatic carbocycles. The third-order valence-electron chi connectivity index (χ3n) is 5.76. The highest BCUT2D eigenvalue weighted by molar-refractivity contribution is 6.42. The maximum Gasteiger partial charge on any atom is 0.266 e. The zero-order valence-corrected chi connectivity index (χ0v) is 18.3. The predicted octanol–water partition coefficient (Wildman–Crippen LogP) is 5.64. The van der Waals surface area contributed by atoms with E-state index >= 15 is 0 Å². The van der Waals surface area contributed by atoms with E-state index in [-0.39, 0.29) is 17.9 Å². The van der Waals surface area contributed by atoms with Crippen LogP contribution in [0.2, 0.25) is 10.0 Å². The smallest absolute Gasteiger partial charge is 0.266 e. The second kappa shape index (κ2) is 8.96. The molecule has 2 amide bonds. The summed E-state index contributed by atoms with van der Waals surface area (Å²) in [6.07, 6.45) is 4.21. The fourth-order valence-corrected chi connectivity index (χ4v) is 4.57. The summed E-state index contributed by atoms with van der Waals surface area (Å²) in [5.74, 6) is -1.08. The maximum atomic E-state index is 13.3. The minimum absolute atomic E-state index is 0.209. The van der Waals surface area contributed by atoms with Crippen molar-refractivity contribution in [2.24, 2.45) is 5.92 Å². The van der Waals surface area contributed by atoms with Gasteiger partial charge in [0.1, 0.15) is 0 Å². The van der Waals surface area contributed by atoms with E-state index in [9.17, 15) is 9.59 Å². The summed E-state index contributed by atoms with van der Waals surface area (Å²) < 4.78 is 0. The van der Waals surface area contributed by atoms with Crippen LogP contribution in [0, 0.1) is 5.92 Å². The molecule has 2 saturated heterocycles. The van der Waals surface area contributed by atoms with Crippen LogP contribution in [0.1, 0.15) is 39.0 Å². The van der Waals surface area contributed by atoms with Gasteiger partial charge < -0.3 is 0 Å². The number of carbonyl (C=O) groups is 2. The first kappa shape index (κ1) is 21.2. The number of amides is 2. The van der Waals surface area contributed by atoms with Gasteiger partial charge in [0.15, 0.2) is 6.10 Å². The lowest BCUT2D eigenvalue weighted by atomic mass is 9.92. The molecule has 7 heteroatoms. The molecule has 2 aliphatic heterocycles. The first-order valence-corrected chi connectivity index (χ1v) is 11.1. The Morgan fingerprint density at radius 2 is 1.67 bits per heavy atom. The molecular weight excluding hydrogens is 423 g/mol. The van der Waals surface area contributed by atoms with Gasteiger partial charge in [-0.05, 0) is 36.8 Å². The highest BCUT2D eigenvalue weighted by Crippen LogP contribution is 2.43. The molecule has 2 aromatic rings. The van der Waals surface area contributed by atoms with E-state index in [0.717, 1.165) is 32.1 Å². The number of carbonyl (C=O) groups excluding carboxylic acids is 2. The van der Waals surface area contributed by atoms with E-state index in [1.165, 1.54) is 4.90 Å². The van der Waals surface area contributed by atoms with E-state index in [1.807, 2.05) is 18.2 Å². The van der Waals surface area contributed by atoms with Crippen molar-refractivity contribution < 1.29 is 14.4 Å². The van der Waals surface area contributed by atoms with Gasteiger partial charge in [0, 0.05) is 0 Å². The van der Waals surface area contributed by atoms with Crippen LogP contribution in [0.25, 0.3) is 0 Å². The maximum absolute atomic E-state index is 13.3. The number of anilines is 2. The van der Waals surface area contributed by atoms with Crippen LogP contribution in [0.5, 0.6) is 0 Å². The summed E-state index contributed by atoms with van der Waals surface area (Å²) in [6, 6.07) is 14.0. The summed E-state index contributed by atoms with van der Waals surface area (Å²) in [7, 11) is 0. The topological polar surface area (TPSA) is 49.9 Å². The van der Waals surface area contributed by atoms with Crippen LogP contribution in [0.4, 0.5) is 11.4 Å². The fraction of sp³-hybridized carbons (Fsp3) is 0.391. The number of benzene rings is 2. The lowest BCUT2D eigenvalue weighted by molar-refractivity contribution is -0.126. The zero-order chi connectivity index (χ0) is 21.3. The molecule has 30 heavy (non-hydrogen) atoms. The van der Waals surface area contributed by atoms with Crippen molar-refractivity contribution in [2.75, 3.05) is 9.96 Å². The summed E-state index contributed by atoms with van der Waals surface area (Å²) in [4.78, 5) is 33.8. The van der Waals surface area contributed by atoms with Gasteiger partial charge in [-0.25, -0.2) is 9.96 Å². The van der Waals surface area contributed by atoms with Crippen molar-refractivity contribution >= 4 is 46.4 Å². The van der Waals surface area contributed by atoms with Crippen LogP contribution in [-0.4, -0.2) is 24.0 Å². The molecule has 0 bridgehead atoms. The Bertz CT molecular complexity index is 937. The minimum Gasteiger partial charge on any atom is -0.273 e. The third kappa shape index (κ3) is 3.82. The Morgan fingerprint density at radius 3 is 2.37 bits per heavy atom. The SMILES string of the molecule is CCCCCC[C@@H]1[C@H]2C(=O)N(c3ccccc3)C(=O)[C@H]2ON1c1ccc(Cl)c(Cl)c1. The molecule has 3 atom stereocenters. The van der Waals surface area contributed by atoms with Crippen molar-refractivity contribution in [1.82, 2.24) is 0 Å². The van der Waals surface area contributed by atoms with Crippen molar-refractivity contribution in [3.05, 3.63) is 58.6 Å². The normalized spacial score (nSPS) is 23.4. The molecule has 0 saturated carbocycles. The zero-order valence-electron chi connectivity index (χ0n) is 16.8. The number of fused-ring (bicyclic) bond motifs is 1. The Balaban J connectivity index is 1.64. The van der Waals surface area contributed by atoms with Crippen molar-refractivity contribution in [1.29, 1.82) is 0 Å². The molecule has 0 radical (unpaired) electrons. The second-order valence-electron chi connectivity index (χ2n) is 7.74. The van der Waals surface area contributed by atoms with Gasteiger partial charge in [0.25, 0.3) is 5.91 Å². The summed E-state index contributed by atoms with van der Waals surface area (Å²) >= 11 is 12.3. The number of nitrogens with zero attached hydrogens (tertiary/aromatic N) is 2. The first-order chi connectivity index (χ1) is 14.5. The summed E-state index contributed by atoms with van der Waals surface area (Å²) in [5.41, 5.74) is 1.28. The molecule has 4 rings (SSSR count). The van der Waals surface area contributed by atoms with E-state index in [0.29, 0.717) is 21.4 Å². The van der Waals surface area contributed by atoms with Crippen LogP contribution in [-0.2, 0) is 14.4 Å². The van der Waals surface area contributed by atoms with Crippen LogP contribution in [0.15, 0.2) is 48.5 Å². The standard InChI is InChI=1S/C23H24Cl2N2O3/c1-2-3-4-8-11-19-20-21(30-27(19)16-12-13-17(24)18(25)14-16)23(29)26(22(20)28)15-9-6-5-7-10-15/h5-7,9-10,12-14,19-21H,2-4,8,11H2,1H3/t19-,20-,21+/m1/s1. The molecule has 0 aromatic heterocycles. The number of imide groups is 1. The molecule has 158 valence electrons. The fourth-order valence-electron chi connectivity index (χ4n) is 4.27. The Labute approximate surface area is 186 Å². The number of rotatable bonds is 7. The largest absolute Gasteiger partial charge is 0.273 e. The molecule has 5 nitrogen and oxygen atoms in total. The van der Waals surface area contributed by atoms with Crippen LogP contribution < -0.4 is 9.96 Å². The highest BCUT2D eigenvalue weighted by atomic mass is 35.5. The quantitative estimate of drug-likeness (QED) is 0.407. The number of halogens is 2. The molecule has 0 N–H and O–H groups in total. The monoisotopic (exact) mass is 446 g/mol. The molecule has 2 aromatic carbocycles. The molecule has 0 spiro atoms. The average Bonchev–Trinajstić information content (AvgIpc) is 3.24. The number of unbranched alkanes of at least 4 members (excludes halogenated alkanes) is 3. The van der Waals surface area contributed by atoms with Gasteiger partial charge in [-0.1, -0.05) is 74.0 Å². The van der Waals surface area contributed by atoms with E-state index in [4.69, 9.17) is 28.0 Å². The van der Waals surface area contributed by atoms with Crippen LogP contribution >= 0.6 is 23.2 Å². The molecule has 0 unspecified atom stereocenters. The summed E-state index contributed by atoms with van der Waals surface area (Å²) in [6.45, 7) is 2.16. The van der Waals surface area contributed by atoms with Gasteiger partial charge in [0.05, 0.1) is 33.4 Å². The van der Waals surface area contributed by atoms with Gasteiger partial charge in [-0.3, -0.25) is 14.4 Å². The highest BCUT2D eigenvalue weighted by Gasteiger charge is 2.59. The number of hydroxylamine groups is 1. The van der Waals surface area contributed by atoms with E-state index < -0.39 is 12.0 Å². The van der Waals surface area contributed by atoms with Gasteiger partial charge in [0.2, 0.25) is 5.91 Å². The Kier molecular flexibility index (Phi) is 6.32. The lowest BCUT2D eigenvalue weighted by Crippen LogP contribution is -2.40. The Hall–Kier alpha value is -2.08. The lowest BCUT2D eigenvalue weighted by Gasteiger charge is -2.28. The molecule has 2 heterocycles. The molecular formula is C23H24Cl2N2O3. The average molecular weight is 447 g/mol. The van der Waals surface area contributed by atoms with Crippen molar-refractivity contribution in [3.8, 4) is 0 Å². The van der Waals surface area contributed by atoms with Gasteiger partial charge in [-0.2, -0.15) is 0 Å². The Morgan fingerprint density at radius 1 is 0.900 bits per heavy atom. The number of hydrogen-bond donors (Lipinski definition) is 0. The van der Waals surface area contributed by atoms with E-state index in [2.05, 4.69) is 6.92 Å². The van der Waals surface area contributed by atoms with Crippen molar-refractivity contribution in [2.45, 2.75) is 51.2 Å². The van der Waals surface area contributed by atoms with Gasteiger partial charge in [-0.15, -0.1) is 0 Å². The van der Waals surface area contributed by atoms with Crippen LogP contribution in [0.3, 0.4) is 0 Å². The first-order valence-electron chi connectivity index (χ1n) is 10.4. The number of hydrogen-bond acceptors (Lipinski definition) is 4. The van der Waals surface area contributed by atoms with Crippen molar-refractivity contribution in [3.63, 3.8) is 0 Å². The predicted molar refractivity (Wildman–Crippen MR) is 119 cm³/mol. The van der Waals surface area contributed by atoms with Gasteiger partial charge >= 0.3 is 0 Å². The second-order valence-corrected chi connectivity index (χ2v) is 8.55. The number of para-hydroxylation sites is 1. The third-order valence-corrected chi connectivity index (χ3v) is 6.50.